The second kappa shape index (κ2) is 8.73. The molecule has 7 nitrogen and oxygen atoms in total. The van der Waals surface area contributed by atoms with Gasteiger partial charge in [-0.15, -0.1) is 0 Å². The number of nitrogens with zero attached hydrogens (tertiary/aromatic N) is 3. The number of hydrogen-bond donors (Lipinski definition) is 2. The summed E-state index contributed by atoms with van der Waals surface area (Å²) in [7, 11) is 0. The zero-order chi connectivity index (χ0) is 18.4. The smallest absolute Gasteiger partial charge is 0.229 e. The van der Waals surface area contributed by atoms with Gasteiger partial charge in [-0.1, -0.05) is 0 Å². The normalized spacial score (nSPS) is 14.8. The molecule has 0 radical (unpaired) electrons. The van der Waals surface area contributed by atoms with Gasteiger partial charge >= 0.3 is 0 Å². The van der Waals surface area contributed by atoms with Crippen LogP contribution in [0.3, 0.4) is 0 Å². The predicted molar refractivity (Wildman–Crippen MR) is 102 cm³/mol. The van der Waals surface area contributed by atoms with Gasteiger partial charge in [-0.25, -0.2) is 4.98 Å². The first-order valence-electron chi connectivity index (χ1n) is 8.88. The fourth-order valence-electron chi connectivity index (χ4n) is 2.80. The summed E-state index contributed by atoms with van der Waals surface area (Å²) in [5.74, 6) is 1.39. The molecule has 0 unspecified atom stereocenters. The molecule has 1 saturated heterocycles. The molecule has 26 heavy (non-hydrogen) atoms. The van der Waals surface area contributed by atoms with E-state index in [1.807, 2.05) is 25.1 Å². The number of rotatable bonds is 7. The molecule has 0 amide bonds. The lowest BCUT2D eigenvalue weighted by Crippen LogP contribution is -2.39. The summed E-state index contributed by atoms with van der Waals surface area (Å²) in [4.78, 5) is 22.7. The molecule has 3 rings (SSSR count). The lowest BCUT2D eigenvalue weighted by atomic mass is 10.1. The van der Waals surface area contributed by atoms with Crippen molar-refractivity contribution in [3.05, 3.63) is 41.6 Å². The summed E-state index contributed by atoms with van der Waals surface area (Å²) in [5.41, 5.74) is 2.42. The van der Waals surface area contributed by atoms with Gasteiger partial charge in [0.25, 0.3) is 0 Å². The van der Waals surface area contributed by atoms with Gasteiger partial charge in [0, 0.05) is 49.2 Å². The average Bonchev–Trinajstić information content (AvgIpc) is 2.62. The maximum absolute atomic E-state index is 11.4. The van der Waals surface area contributed by atoms with E-state index < -0.39 is 0 Å². The number of aryl methyl sites for hydroxylation is 1. The number of anilines is 3. The van der Waals surface area contributed by atoms with E-state index in [0.29, 0.717) is 11.5 Å². The second-order valence-corrected chi connectivity index (χ2v) is 6.36. The van der Waals surface area contributed by atoms with Crippen molar-refractivity contribution in [1.82, 2.24) is 14.9 Å². The Morgan fingerprint density at radius 1 is 1.19 bits per heavy atom. The van der Waals surface area contributed by atoms with Gasteiger partial charge < -0.3 is 15.4 Å². The van der Waals surface area contributed by atoms with Crippen LogP contribution in [0.25, 0.3) is 0 Å². The van der Waals surface area contributed by atoms with Gasteiger partial charge in [0.15, 0.2) is 5.78 Å². The Kier molecular flexibility index (Phi) is 6.14. The Labute approximate surface area is 153 Å². The van der Waals surface area contributed by atoms with Crippen LogP contribution in [0, 0.1) is 6.92 Å². The van der Waals surface area contributed by atoms with Crippen molar-refractivity contribution < 1.29 is 9.53 Å². The summed E-state index contributed by atoms with van der Waals surface area (Å²) in [6.07, 6.45) is 0. The lowest BCUT2D eigenvalue weighted by Gasteiger charge is -2.26. The number of benzene rings is 1. The number of hydrogen-bond acceptors (Lipinski definition) is 7. The number of aromatic nitrogens is 2. The highest BCUT2D eigenvalue weighted by atomic mass is 16.5. The van der Waals surface area contributed by atoms with Crippen LogP contribution in [-0.4, -0.2) is 60.0 Å². The van der Waals surface area contributed by atoms with Gasteiger partial charge in [-0.05, 0) is 38.1 Å². The van der Waals surface area contributed by atoms with E-state index in [1.54, 1.807) is 19.1 Å². The predicted octanol–water partition coefficient (Wildman–Crippen LogP) is 2.48. The van der Waals surface area contributed by atoms with Crippen molar-refractivity contribution in [1.29, 1.82) is 0 Å². The molecule has 0 saturated carbocycles. The highest BCUT2D eigenvalue weighted by Crippen LogP contribution is 2.16. The van der Waals surface area contributed by atoms with E-state index in [9.17, 15) is 4.79 Å². The van der Waals surface area contributed by atoms with E-state index in [0.717, 1.165) is 56.6 Å². The van der Waals surface area contributed by atoms with Crippen LogP contribution < -0.4 is 10.6 Å². The van der Waals surface area contributed by atoms with Gasteiger partial charge in [0.1, 0.15) is 5.82 Å². The standard InChI is InChI=1S/C19H25N5O2/c1-14-13-18(20-7-8-24-9-11-26-12-10-24)23-19(21-14)22-17-5-3-16(4-6-17)15(2)25/h3-6,13H,7-12H2,1-2H3,(H2,20,21,22,23). The molecule has 1 aliphatic heterocycles. The molecule has 0 bridgehead atoms. The third kappa shape index (κ3) is 5.24. The average molecular weight is 355 g/mol. The molecule has 1 fully saturated rings. The van der Waals surface area contributed by atoms with E-state index in [-0.39, 0.29) is 5.78 Å². The van der Waals surface area contributed by atoms with Crippen LogP contribution in [0.4, 0.5) is 17.5 Å². The Morgan fingerprint density at radius 3 is 2.62 bits per heavy atom. The number of nitrogens with one attached hydrogen (secondary N) is 2. The number of carbonyl (C=O) groups is 1. The summed E-state index contributed by atoms with van der Waals surface area (Å²) >= 11 is 0. The van der Waals surface area contributed by atoms with Crippen LogP contribution in [-0.2, 0) is 4.74 Å². The fourth-order valence-corrected chi connectivity index (χ4v) is 2.80. The summed E-state index contributed by atoms with van der Waals surface area (Å²) < 4.78 is 5.36. The van der Waals surface area contributed by atoms with E-state index in [2.05, 4.69) is 25.5 Å². The van der Waals surface area contributed by atoms with Crippen molar-refractivity contribution in [3.63, 3.8) is 0 Å². The lowest BCUT2D eigenvalue weighted by molar-refractivity contribution is 0.0398. The highest BCUT2D eigenvalue weighted by molar-refractivity contribution is 5.94. The molecule has 2 aromatic rings. The van der Waals surface area contributed by atoms with E-state index in [1.165, 1.54) is 0 Å². The first kappa shape index (κ1) is 18.3. The highest BCUT2D eigenvalue weighted by Gasteiger charge is 2.10. The first-order chi connectivity index (χ1) is 12.6. The maximum Gasteiger partial charge on any atom is 0.229 e. The van der Waals surface area contributed by atoms with Crippen LogP contribution in [0.1, 0.15) is 23.0 Å². The minimum absolute atomic E-state index is 0.0510. The Bertz CT molecular complexity index is 742. The SMILES string of the molecule is CC(=O)c1ccc(Nc2nc(C)cc(NCCN3CCOCC3)n2)cc1. The maximum atomic E-state index is 11.4. The van der Waals surface area contributed by atoms with Crippen molar-refractivity contribution in [2.75, 3.05) is 50.0 Å². The zero-order valence-electron chi connectivity index (χ0n) is 15.3. The van der Waals surface area contributed by atoms with Gasteiger partial charge in [-0.2, -0.15) is 4.98 Å². The zero-order valence-corrected chi connectivity index (χ0v) is 15.3. The quantitative estimate of drug-likeness (QED) is 0.739. The molecule has 138 valence electrons. The van der Waals surface area contributed by atoms with Crippen molar-refractivity contribution >= 4 is 23.2 Å². The van der Waals surface area contributed by atoms with Crippen molar-refractivity contribution in [3.8, 4) is 0 Å². The van der Waals surface area contributed by atoms with Crippen LogP contribution >= 0.6 is 0 Å². The number of ether oxygens (including phenoxy) is 1. The minimum Gasteiger partial charge on any atom is -0.379 e. The molecule has 1 aromatic heterocycles. The van der Waals surface area contributed by atoms with Crippen LogP contribution in [0.5, 0.6) is 0 Å². The molecular formula is C19H25N5O2. The monoisotopic (exact) mass is 355 g/mol. The molecule has 1 aromatic carbocycles. The molecule has 1 aliphatic rings. The summed E-state index contributed by atoms with van der Waals surface area (Å²) in [6, 6.07) is 9.23. The van der Waals surface area contributed by atoms with Crippen molar-refractivity contribution in [2.24, 2.45) is 0 Å². The summed E-state index contributed by atoms with van der Waals surface area (Å²) in [5, 5.41) is 6.56. The fraction of sp³-hybridized carbons (Fsp3) is 0.421. The van der Waals surface area contributed by atoms with Crippen LogP contribution in [0.15, 0.2) is 30.3 Å². The topological polar surface area (TPSA) is 79.4 Å². The third-order valence-electron chi connectivity index (χ3n) is 4.24. The number of morpholine rings is 1. The Morgan fingerprint density at radius 2 is 1.92 bits per heavy atom. The van der Waals surface area contributed by atoms with Gasteiger partial charge in [0.05, 0.1) is 13.2 Å². The Hall–Kier alpha value is -2.51. The second-order valence-electron chi connectivity index (χ2n) is 6.36. The minimum atomic E-state index is 0.0510. The molecule has 0 spiro atoms. The molecule has 2 N–H and O–H groups in total. The Balaban J connectivity index is 1.58. The van der Waals surface area contributed by atoms with E-state index >= 15 is 0 Å². The molecule has 0 atom stereocenters. The van der Waals surface area contributed by atoms with Gasteiger partial charge in [0.2, 0.25) is 5.95 Å². The van der Waals surface area contributed by atoms with Gasteiger partial charge in [-0.3, -0.25) is 9.69 Å². The van der Waals surface area contributed by atoms with Crippen LogP contribution in [0.2, 0.25) is 0 Å². The molecular weight excluding hydrogens is 330 g/mol. The van der Waals surface area contributed by atoms with E-state index in [4.69, 9.17) is 4.74 Å². The number of Topliss-reactive ketones (excluding diaryl/α,β-unsaturated/α-hetero) is 1. The first-order valence-corrected chi connectivity index (χ1v) is 8.88. The number of carbonyl (C=O) groups excluding carboxylic acids is 1. The molecule has 2 heterocycles. The summed E-state index contributed by atoms with van der Waals surface area (Å²) in [6.45, 7) is 8.86. The number of ketones is 1. The molecule has 7 heteroatoms. The van der Waals surface area contributed by atoms with Crippen molar-refractivity contribution in [2.45, 2.75) is 13.8 Å². The molecule has 0 aliphatic carbocycles. The third-order valence-corrected chi connectivity index (χ3v) is 4.24. The largest absolute Gasteiger partial charge is 0.379 e.